The standard InChI is InChI=1S/C34H38N6O3S/c1-34(2,3)30-18-31(40-15-13-39(14-16-40)21-25-8-11-28-29(17-25)43-23-42-28)38-33(37-30)44-22-24-6-9-27(10-7-24)32(41)36-20-26-5-4-12-35-19-26/h4-12,17-19H,13-16,20-23H2,1-3H3,(H,36,41). The molecule has 4 aromatic rings. The molecule has 9 nitrogen and oxygen atoms in total. The lowest BCUT2D eigenvalue weighted by Crippen LogP contribution is -2.46. The maximum absolute atomic E-state index is 12.6. The van der Waals surface area contributed by atoms with Gasteiger partial charge < -0.3 is 19.7 Å². The van der Waals surface area contributed by atoms with Crippen molar-refractivity contribution in [3.63, 3.8) is 0 Å². The van der Waals surface area contributed by atoms with Gasteiger partial charge in [-0.1, -0.05) is 56.8 Å². The minimum atomic E-state index is -0.102. The maximum Gasteiger partial charge on any atom is 0.251 e. The predicted molar refractivity (Wildman–Crippen MR) is 172 cm³/mol. The van der Waals surface area contributed by atoms with E-state index >= 15 is 0 Å². The van der Waals surface area contributed by atoms with Gasteiger partial charge in [0.25, 0.3) is 5.91 Å². The zero-order valence-corrected chi connectivity index (χ0v) is 26.3. The van der Waals surface area contributed by atoms with Crippen molar-refractivity contribution >= 4 is 23.5 Å². The molecule has 2 aliphatic heterocycles. The van der Waals surface area contributed by atoms with Gasteiger partial charge in [-0.2, -0.15) is 0 Å². The Bertz CT molecular complexity index is 1590. The number of ether oxygens (including phenoxy) is 2. The summed E-state index contributed by atoms with van der Waals surface area (Å²) < 4.78 is 11.0. The van der Waals surface area contributed by atoms with E-state index < -0.39 is 0 Å². The number of piperazine rings is 1. The van der Waals surface area contributed by atoms with Crippen LogP contribution in [0, 0.1) is 0 Å². The molecular formula is C34H38N6O3S. The van der Waals surface area contributed by atoms with Crippen molar-refractivity contribution < 1.29 is 14.3 Å². The summed E-state index contributed by atoms with van der Waals surface area (Å²) in [5.74, 6) is 3.25. The van der Waals surface area contributed by atoms with Crippen LogP contribution in [0.3, 0.4) is 0 Å². The zero-order valence-electron chi connectivity index (χ0n) is 25.5. The first-order chi connectivity index (χ1) is 21.3. The quantitative estimate of drug-likeness (QED) is 0.196. The van der Waals surface area contributed by atoms with Gasteiger partial charge in [0.2, 0.25) is 6.79 Å². The van der Waals surface area contributed by atoms with Gasteiger partial charge in [0.05, 0.1) is 5.69 Å². The lowest BCUT2D eigenvalue weighted by molar-refractivity contribution is 0.0951. The second kappa shape index (κ2) is 13.2. The third kappa shape index (κ3) is 7.49. The minimum absolute atomic E-state index is 0.0982. The number of anilines is 1. The monoisotopic (exact) mass is 610 g/mol. The number of rotatable bonds is 9. The molecule has 0 radical (unpaired) electrons. The highest BCUT2D eigenvalue weighted by Crippen LogP contribution is 2.33. The molecule has 228 valence electrons. The van der Waals surface area contributed by atoms with E-state index in [2.05, 4.69) is 59.1 Å². The summed E-state index contributed by atoms with van der Waals surface area (Å²) >= 11 is 1.63. The topological polar surface area (TPSA) is 92.7 Å². The highest BCUT2D eigenvalue weighted by Gasteiger charge is 2.24. The summed E-state index contributed by atoms with van der Waals surface area (Å²) in [7, 11) is 0. The number of benzene rings is 2. The molecule has 10 heteroatoms. The first-order valence-electron chi connectivity index (χ1n) is 14.9. The Kier molecular flexibility index (Phi) is 8.99. The minimum Gasteiger partial charge on any atom is -0.454 e. The molecule has 1 N–H and O–H groups in total. The summed E-state index contributed by atoms with van der Waals surface area (Å²) in [6.45, 7) is 11.9. The molecule has 0 saturated carbocycles. The van der Waals surface area contributed by atoms with Crippen LogP contribution >= 0.6 is 11.8 Å². The summed E-state index contributed by atoms with van der Waals surface area (Å²) in [5.41, 5.74) is 4.88. The van der Waals surface area contributed by atoms with Crippen molar-refractivity contribution in [3.05, 3.63) is 101 Å². The number of hydrogen-bond acceptors (Lipinski definition) is 9. The second-order valence-electron chi connectivity index (χ2n) is 12.1. The van der Waals surface area contributed by atoms with Gasteiger partial charge in [0.15, 0.2) is 16.7 Å². The van der Waals surface area contributed by atoms with Crippen LogP contribution in [0.5, 0.6) is 11.5 Å². The Morgan fingerprint density at radius 1 is 0.909 bits per heavy atom. The highest BCUT2D eigenvalue weighted by molar-refractivity contribution is 7.98. The number of carbonyl (C=O) groups is 1. The van der Waals surface area contributed by atoms with Crippen LogP contribution < -0.4 is 19.7 Å². The lowest BCUT2D eigenvalue weighted by atomic mass is 9.92. The van der Waals surface area contributed by atoms with Crippen LogP contribution in [-0.4, -0.2) is 58.7 Å². The lowest BCUT2D eigenvalue weighted by Gasteiger charge is -2.36. The molecule has 0 atom stereocenters. The zero-order chi connectivity index (χ0) is 30.5. The van der Waals surface area contributed by atoms with Gasteiger partial charge in [-0.15, -0.1) is 0 Å². The van der Waals surface area contributed by atoms with Crippen molar-refractivity contribution in [2.75, 3.05) is 37.9 Å². The summed E-state index contributed by atoms with van der Waals surface area (Å²) in [4.78, 5) is 31.5. The van der Waals surface area contributed by atoms with E-state index in [4.69, 9.17) is 19.4 Å². The van der Waals surface area contributed by atoms with Crippen LogP contribution in [0.1, 0.15) is 53.5 Å². The fraction of sp³-hybridized carbons (Fsp3) is 0.353. The first kappa shape index (κ1) is 29.9. The highest BCUT2D eigenvalue weighted by atomic mass is 32.2. The molecule has 2 aromatic carbocycles. The number of nitrogens with zero attached hydrogens (tertiary/aromatic N) is 5. The van der Waals surface area contributed by atoms with Crippen molar-refractivity contribution in [1.82, 2.24) is 25.2 Å². The largest absolute Gasteiger partial charge is 0.454 e. The Morgan fingerprint density at radius 3 is 2.43 bits per heavy atom. The fourth-order valence-electron chi connectivity index (χ4n) is 5.14. The van der Waals surface area contributed by atoms with Crippen molar-refractivity contribution in [1.29, 1.82) is 0 Å². The van der Waals surface area contributed by atoms with E-state index in [1.165, 1.54) is 5.56 Å². The average Bonchev–Trinajstić information content (AvgIpc) is 3.51. The molecule has 2 aliphatic rings. The molecule has 44 heavy (non-hydrogen) atoms. The van der Waals surface area contributed by atoms with E-state index in [0.29, 0.717) is 24.7 Å². The molecule has 0 aliphatic carbocycles. The maximum atomic E-state index is 12.6. The van der Waals surface area contributed by atoms with E-state index in [-0.39, 0.29) is 11.3 Å². The van der Waals surface area contributed by atoms with Crippen molar-refractivity contribution in [2.24, 2.45) is 0 Å². The van der Waals surface area contributed by atoms with E-state index in [9.17, 15) is 4.79 Å². The number of pyridine rings is 1. The number of hydrogen-bond donors (Lipinski definition) is 1. The predicted octanol–water partition coefficient (Wildman–Crippen LogP) is 5.44. The molecule has 1 fully saturated rings. The average molecular weight is 611 g/mol. The van der Waals surface area contributed by atoms with Crippen LogP contribution in [0.2, 0.25) is 0 Å². The normalized spacial score (nSPS) is 14.9. The van der Waals surface area contributed by atoms with Crippen LogP contribution in [-0.2, 0) is 24.3 Å². The number of carbonyl (C=O) groups excluding carboxylic acids is 1. The molecule has 6 rings (SSSR count). The van der Waals surface area contributed by atoms with Crippen molar-refractivity contribution in [3.8, 4) is 11.5 Å². The summed E-state index contributed by atoms with van der Waals surface area (Å²) in [5, 5.41) is 3.72. The Morgan fingerprint density at radius 2 is 1.68 bits per heavy atom. The Balaban J connectivity index is 1.06. The first-order valence-corrected chi connectivity index (χ1v) is 15.9. The van der Waals surface area contributed by atoms with Gasteiger partial charge >= 0.3 is 0 Å². The van der Waals surface area contributed by atoms with Gasteiger partial charge in [-0.3, -0.25) is 14.7 Å². The van der Waals surface area contributed by atoms with Crippen LogP contribution in [0.25, 0.3) is 0 Å². The third-order valence-corrected chi connectivity index (χ3v) is 8.68. The van der Waals surface area contributed by atoms with Gasteiger partial charge in [-0.25, -0.2) is 9.97 Å². The van der Waals surface area contributed by atoms with Crippen LogP contribution in [0.15, 0.2) is 78.2 Å². The molecule has 0 unspecified atom stereocenters. The second-order valence-corrected chi connectivity index (χ2v) is 13.1. The molecule has 1 saturated heterocycles. The van der Waals surface area contributed by atoms with E-state index in [1.54, 1.807) is 24.2 Å². The summed E-state index contributed by atoms with van der Waals surface area (Å²) in [6, 6.07) is 19.9. The third-order valence-electron chi connectivity index (χ3n) is 7.76. The van der Waals surface area contributed by atoms with Gasteiger partial charge in [-0.05, 0) is 47.0 Å². The number of nitrogens with one attached hydrogen (secondary N) is 1. The molecule has 4 heterocycles. The van der Waals surface area contributed by atoms with E-state index in [1.807, 2.05) is 42.5 Å². The Hall–Kier alpha value is -4.15. The number of amides is 1. The number of aromatic nitrogens is 3. The molecule has 1 amide bonds. The Labute approximate surface area is 263 Å². The molecule has 0 bridgehead atoms. The number of thioether (sulfide) groups is 1. The summed E-state index contributed by atoms with van der Waals surface area (Å²) in [6.07, 6.45) is 3.48. The fourth-order valence-corrected chi connectivity index (χ4v) is 5.95. The number of fused-ring (bicyclic) bond motifs is 1. The molecular weight excluding hydrogens is 572 g/mol. The van der Waals surface area contributed by atoms with E-state index in [0.717, 1.165) is 72.0 Å². The van der Waals surface area contributed by atoms with Crippen molar-refractivity contribution in [2.45, 2.75) is 50.2 Å². The SMILES string of the molecule is CC(C)(C)c1cc(N2CCN(Cc3ccc4c(c3)OCO4)CC2)nc(SCc2ccc(C(=O)NCc3cccnc3)cc2)n1. The van der Waals surface area contributed by atoms with Gasteiger partial charge in [0, 0.05) is 74.5 Å². The smallest absolute Gasteiger partial charge is 0.251 e. The van der Waals surface area contributed by atoms with Crippen LogP contribution in [0.4, 0.5) is 5.82 Å². The molecule has 0 spiro atoms. The van der Waals surface area contributed by atoms with Gasteiger partial charge in [0.1, 0.15) is 5.82 Å². The molecule has 2 aromatic heterocycles.